The largest absolute Gasteiger partial charge is 0.465 e. The fourth-order valence-electron chi connectivity index (χ4n) is 1.11. The topological polar surface area (TPSA) is 48.4 Å². The third kappa shape index (κ3) is 2.64. The monoisotopic (exact) mass is 201 g/mol. The maximum atomic E-state index is 5.54. The first kappa shape index (κ1) is 9.40. The van der Waals surface area contributed by atoms with Crippen molar-refractivity contribution in [2.45, 2.75) is 0 Å². The zero-order valence-corrected chi connectivity index (χ0v) is 8.09. The molecule has 2 N–H and O–H groups in total. The van der Waals surface area contributed by atoms with Crippen LogP contribution in [0.25, 0.3) is 6.08 Å². The summed E-state index contributed by atoms with van der Waals surface area (Å²) in [7, 11) is 0. The Morgan fingerprint density at radius 2 is 1.93 bits per heavy atom. The predicted octanol–water partition coefficient (Wildman–Crippen LogP) is 2.91. The number of nitrogen functional groups attached to an aromatic ring is 1. The second kappa shape index (κ2) is 4.37. The number of ether oxygens (including phenoxy) is 1. The Kier molecular flexibility index (Phi) is 2.74. The van der Waals surface area contributed by atoms with Gasteiger partial charge < -0.3 is 14.9 Å². The average Bonchev–Trinajstić information content (AvgIpc) is 2.74. The van der Waals surface area contributed by atoms with Crippen LogP contribution in [0.2, 0.25) is 0 Å². The lowest BCUT2D eigenvalue weighted by atomic mass is 10.3. The summed E-state index contributed by atoms with van der Waals surface area (Å²) in [6, 6.07) is 10.9. The van der Waals surface area contributed by atoms with Crippen molar-refractivity contribution in [2.75, 3.05) is 5.73 Å². The lowest BCUT2D eigenvalue weighted by molar-refractivity contribution is 0.482. The van der Waals surface area contributed by atoms with E-state index >= 15 is 0 Å². The molecule has 0 amide bonds. The van der Waals surface area contributed by atoms with Crippen LogP contribution in [0.4, 0.5) is 5.69 Å². The van der Waals surface area contributed by atoms with Crippen molar-refractivity contribution in [1.29, 1.82) is 0 Å². The summed E-state index contributed by atoms with van der Waals surface area (Å²) >= 11 is 0. The van der Waals surface area contributed by atoms with Gasteiger partial charge in [0.25, 0.3) is 0 Å². The zero-order valence-electron chi connectivity index (χ0n) is 8.09. The summed E-state index contributed by atoms with van der Waals surface area (Å²) in [6.07, 6.45) is 4.93. The van der Waals surface area contributed by atoms with Crippen LogP contribution in [0.5, 0.6) is 5.75 Å². The van der Waals surface area contributed by atoms with Crippen LogP contribution in [0.3, 0.4) is 0 Å². The lowest BCUT2D eigenvalue weighted by Crippen LogP contribution is -1.85. The summed E-state index contributed by atoms with van der Waals surface area (Å²) in [6.45, 7) is 0. The molecule has 3 heteroatoms. The summed E-state index contributed by atoms with van der Waals surface area (Å²) in [5.74, 6) is 1.50. The molecular weight excluding hydrogens is 190 g/mol. The molecule has 3 nitrogen and oxygen atoms in total. The molecule has 2 rings (SSSR count). The molecular formula is C12H11NO2. The molecule has 0 radical (unpaired) electrons. The first-order valence-corrected chi connectivity index (χ1v) is 4.57. The molecule has 76 valence electrons. The van der Waals surface area contributed by atoms with E-state index in [1.54, 1.807) is 30.7 Å². The summed E-state index contributed by atoms with van der Waals surface area (Å²) in [5, 5.41) is 0. The van der Waals surface area contributed by atoms with E-state index in [0.717, 1.165) is 17.2 Å². The molecule has 0 fully saturated rings. The SMILES string of the molecule is Nc1ccc(OC=Cc2ccco2)cc1. The van der Waals surface area contributed by atoms with Gasteiger partial charge in [0.1, 0.15) is 11.5 Å². The second-order valence-electron chi connectivity index (χ2n) is 3.01. The summed E-state index contributed by atoms with van der Waals surface area (Å²) in [5.41, 5.74) is 6.26. The number of hydrogen-bond donors (Lipinski definition) is 1. The second-order valence-corrected chi connectivity index (χ2v) is 3.01. The van der Waals surface area contributed by atoms with E-state index in [1.165, 1.54) is 0 Å². The normalized spacial score (nSPS) is 10.7. The number of hydrogen-bond acceptors (Lipinski definition) is 3. The molecule has 0 aliphatic carbocycles. The van der Waals surface area contributed by atoms with Crippen LogP contribution >= 0.6 is 0 Å². The molecule has 15 heavy (non-hydrogen) atoms. The Balaban J connectivity index is 1.96. The molecule has 1 aromatic carbocycles. The van der Waals surface area contributed by atoms with E-state index in [4.69, 9.17) is 14.9 Å². The van der Waals surface area contributed by atoms with E-state index in [-0.39, 0.29) is 0 Å². The summed E-state index contributed by atoms with van der Waals surface area (Å²) < 4.78 is 10.4. The number of nitrogens with two attached hydrogens (primary N) is 1. The standard InChI is InChI=1S/C12H11NO2/c13-10-3-5-12(6-4-10)15-9-7-11-2-1-8-14-11/h1-9H,13H2. The third-order valence-corrected chi connectivity index (χ3v) is 1.86. The Morgan fingerprint density at radius 3 is 2.60 bits per heavy atom. The van der Waals surface area contributed by atoms with Gasteiger partial charge in [-0.15, -0.1) is 0 Å². The highest BCUT2D eigenvalue weighted by atomic mass is 16.5. The number of furan rings is 1. The third-order valence-electron chi connectivity index (χ3n) is 1.86. The maximum absolute atomic E-state index is 5.54. The molecule has 0 saturated carbocycles. The highest BCUT2D eigenvalue weighted by molar-refractivity contribution is 5.44. The molecule has 0 saturated heterocycles. The van der Waals surface area contributed by atoms with Gasteiger partial charge in [-0.1, -0.05) is 0 Å². The van der Waals surface area contributed by atoms with Gasteiger partial charge in [-0.3, -0.25) is 0 Å². The molecule has 0 atom stereocenters. The van der Waals surface area contributed by atoms with Crippen molar-refractivity contribution in [2.24, 2.45) is 0 Å². The molecule has 2 aromatic rings. The minimum atomic E-state index is 0.720. The molecule has 0 aliphatic heterocycles. The molecule has 0 bridgehead atoms. The minimum Gasteiger partial charge on any atom is -0.465 e. The van der Waals surface area contributed by atoms with E-state index in [2.05, 4.69) is 0 Å². The molecule has 1 heterocycles. The first-order valence-electron chi connectivity index (χ1n) is 4.57. The van der Waals surface area contributed by atoms with Gasteiger partial charge in [0, 0.05) is 11.8 Å². The van der Waals surface area contributed by atoms with E-state index in [0.29, 0.717) is 0 Å². The van der Waals surface area contributed by atoms with Gasteiger partial charge >= 0.3 is 0 Å². The Morgan fingerprint density at radius 1 is 1.13 bits per heavy atom. The van der Waals surface area contributed by atoms with E-state index in [1.807, 2.05) is 24.3 Å². The Bertz CT molecular complexity index is 429. The number of rotatable bonds is 3. The van der Waals surface area contributed by atoms with E-state index in [9.17, 15) is 0 Å². The lowest BCUT2D eigenvalue weighted by Gasteiger charge is -1.99. The molecule has 0 spiro atoms. The fraction of sp³-hybridized carbons (Fsp3) is 0. The van der Waals surface area contributed by atoms with Crippen LogP contribution in [0, 0.1) is 0 Å². The Labute approximate surface area is 87.8 Å². The number of benzene rings is 1. The van der Waals surface area contributed by atoms with Crippen molar-refractivity contribution in [3.63, 3.8) is 0 Å². The highest BCUT2D eigenvalue weighted by Crippen LogP contribution is 2.13. The van der Waals surface area contributed by atoms with Gasteiger partial charge in [0.2, 0.25) is 0 Å². The van der Waals surface area contributed by atoms with Gasteiger partial charge in [-0.25, -0.2) is 0 Å². The average molecular weight is 201 g/mol. The van der Waals surface area contributed by atoms with Crippen LogP contribution in [-0.4, -0.2) is 0 Å². The van der Waals surface area contributed by atoms with Crippen LogP contribution in [-0.2, 0) is 0 Å². The van der Waals surface area contributed by atoms with Crippen molar-refractivity contribution >= 4 is 11.8 Å². The maximum Gasteiger partial charge on any atom is 0.129 e. The van der Waals surface area contributed by atoms with Crippen LogP contribution in [0.1, 0.15) is 5.76 Å². The first-order chi connectivity index (χ1) is 7.34. The van der Waals surface area contributed by atoms with Crippen LogP contribution < -0.4 is 10.5 Å². The van der Waals surface area contributed by atoms with Crippen molar-refractivity contribution in [3.8, 4) is 5.75 Å². The van der Waals surface area contributed by atoms with Crippen molar-refractivity contribution in [3.05, 3.63) is 54.7 Å². The predicted molar refractivity (Wildman–Crippen MR) is 59.2 cm³/mol. The number of anilines is 1. The molecule has 0 aliphatic rings. The zero-order chi connectivity index (χ0) is 10.5. The van der Waals surface area contributed by atoms with Gasteiger partial charge in [-0.2, -0.15) is 0 Å². The van der Waals surface area contributed by atoms with Gasteiger partial charge in [0.05, 0.1) is 12.5 Å². The molecule has 1 aromatic heterocycles. The van der Waals surface area contributed by atoms with Crippen molar-refractivity contribution in [1.82, 2.24) is 0 Å². The van der Waals surface area contributed by atoms with Crippen molar-refractivity contribution < 1.29 is 9.15 Å². The highest BCUT2D eigenvalue weighted by Gasteiger charge is 1.90. The Hall–Kier alpha value is -2.16. The molecule has 0 unspecified atom stereocenters. The summed E-state index contributed by atoms with van der Waals surface area (Å²) in [4.78, 5) is 0. The van der Waals surface area contributed by atoms with Gasteiger partial charge in [0.15, 0.2) is 0 Å². The smallest absolute Gasteiger partial charge is 0.129 e. The van der Waals surface area contributed by atoms with E-state index < -0.39 is 0 Å². The quantitative estimate of drug-likeness (QED) is 0.613. The fourth-order valence-corrected chi connectivity index (χ4v) is 1.11. The van der Waals surface area contributed by atoms with Crippen LogP contribution in [0.15, 0.2) is 53.3 Å². The minimum absolute atomic E-state index is 0.720. The van der Waals surface area contributed by atoms with Gasteiger partial charge in [-0.05, 0) is 36.4 Å².